The van der Waals surface area contributed by atoms with Gasteiger partial charge in [-0.05, 0) is 0 Å². The maximum Gasteiger partial charge on any atom is 0.303 e. The molecule has 0 spiro atoms. The number of rotatable bonds is 4. The second-order valence-corrected chi connectivity index (χ2v) is 11.3. The Hall–Kier alpha value is -0.310. The molecule has 7 aliphatic carbocycles. The van der Waals surface area contributed by atoms with Crippen LogP contribution in [0, 0.1) is 23.7 Å². The van der Waals surface area contributed by atoms with Crippen LogP contribution < -0.4 is 0 Å². The highest BCUT2D eigenvalue weighted by Gasteiger charge is 3.21. The van der Waals surface area contributed by atoms with Gasteiger partial charge in [0, 0.05) is 51.7 Å². The number of Topliss-reactive ketones (excluding diaryl/α,β-unsaturated/α-hetero) is 1. The summed E-state index contributed by atoms with van der Waals surface area (Å²) < 4.78 is 23.0. The van der Waals surface area contributed by atoms with Crippen molar-refractivity contribution in [2.75, 3.05) is 14.2 Å². The molecule has 11 heteroatoms. The van der Waals surface area contributed by atoms with Crippen LogP contribution in [0.15, 0.2) is 0 Å². The van der Waals surface area contributed by atoms with Crippen LogP contribution in [0.4, 0.5) is 0 Å². The third-order valence-corrected chi connectivity index (χ3v) is 12.2. The predicted molar refractivity (Wildman–Crippen MR) is 99.0 cm³/mol. The molecule has 7 fully saturated rings. The molecule has 0 heterocycles. The van der Waals surface area contributed by atoms with E-state index in [-0.39, 0.29) is 0 Å². The molecule has 0 radical (unpaired) electrons. The molecular formula is C18H16Cl4O7. The lowest BCUT2D eigenvalue weighted by Crippen LogP contribution is -2.74. The highest BCUT2D eigenvalue weighted by atomic mass is 35.5. The summed E-state index contributed by atoms with van der Waals surface area (Å²) in [7, 11) is 2.74. The van der Waals surface area contributed by atoms with Gasteiger partial charge >= 0.3 is 11.9 Å². The molecule has 158 valence electrons. The SMILES string of the molecule is COC1(OC)C2(Cl)C3C4C5(OC(C)=O)C(=O)C3(OC(C)=O)C3C5C(Cl)(C41Cl)C32Cl. The molecule has 0 aromatic rings. The minimum atomic E-state index is -1.71. The van der Waals surface area contributed by atoms with Crippen molar-refractivity contribution in [2.24, 2.45) is 23.7 Å². The Kier molecular flexibility index (Phi) is 2.96. The Morgan fingerprint density at radius 1 is 0.724 bits per heavy atom. The van der Waals surface area contributed by atoms with Crippen molar-refractivity contribution < 1.29 is 33.3 Å². The van der Waals surface area contributed by atoms with Crippen LogP contribution in [-0.2, 0) is 33.3 Å². The molecule has 0 aromatic heterocycles. The minimum absolute atomic E-state index is 0.557. The predicted octanol–water partition coefficient (Wildman–Crippen LogP) is 1.61. The van der Waals surface area contributed by atoms with Gasteiger partial charge in [0.1, 0.15) is 9.75 Å². The summed E-state index contributed by atoms with van der Waals surface area (Å²) in [6, 6.07) is 0. The molecule has 7 saturated carbocycles. The van der Waals surface area contributed by atoms with Gasteiger partial charge in [-0.25, -0.2) is 0 Å². The molecule has 0 amide bonds. The molecule has 10 unspecified atom stereocenters. The molecule has 7 aliphatic rings. The summed E-state index contributed by atoms with van der Waals surface area (Å²) in [5.74, 6) is -7.03. The van der Waals surface area contributed by atoms with E-state index in [1.54, 1.807) is 0 Å². The van der Waals surface area contributed by atoms with Crippen LogP contribution in [0.25, 0.3) is 0 Å². The molecular weight excluding hydrogens is 470 g/mol. The highest BCUT2D eigenvalue weighted by Crippen LogP contribution is 3.03. The number of methoxy groups -OCH3 is 2. The third kappa shape index (κ3) is 1.10. The Morgan fingerprint density at radius 2 is 1.03 bits per heavy atom. The fourth-order valence-electron chi connectivity index (χ4n) is 8.79. The smallest absolute Gasteiger partial charge is 0.303 e. The second-order valence-electron chi connectivity index (χ2n) is 8.89. The number of hydrogen-bond donors (Lipinski definition) is 0. The zero-order valence-corrected chi connectivity index (χ0v) is 18.7. The van der Waals surface area contributed by atoms with E-state index in [9.17, 15) is 14.4 Å². The van der Waals surface area contributed by atoms with Crippen molar-refractivity contribution in [2.45, 2.75) is 50.3 Å². The lowest BCUT2D eigenvalue weighted by Gasteiger charge is -2.59. The van der Waals surface area contributed by atoms with Crippen LogP contribution >= 0.6 is 46.4 Å². The van der Waals surface area contributed by atoms with E-state index in [1.807, 2.05) is 0 Å². The van der Waals surface area contributed by atoms with Gasteiger partial charge in [0.05, 0.1) is 9.75 Å². The quantitative estimate of drug-likeness (QED) is 0.339. The number of ether oxygens (including phenoxy) is 4. The van der Waals surface area contributed by atoms with Gasteiger partial charge in [0.25, 0.3) is 0 Å². The van der Waals surface area contributed by atoms with Crippen molar-refractivity contribution in [3.63, 3.8) is 0 Å². The molecule has 0 aliphatic heterocycles. The summed E-state index contributed by atoms with van der Waals surface area (Å²) in [6.45, 7) is 2.39. The van der Waals surface area contributed by atoms with Gasteiger partial charge in [-0.2, -0.15) is 0 Å². The minimum Gasteiger partial charge on any atom is -0.450 e. The highest BCUT2D eigenvalue weighted by molar-refractivity contribution is 6.53. The monoisotopic (exact) mass is 484 g/mol. The number of esters is 2. The van der Waals surface area contributed by atoms with E-state index in [0.29, 0.717) is 0 Å². The summed E-state index contributed by atoms with van der Waals surface area (Å²) in [5.41, 5.74) is -3.43. The second kappa shape index (κ2) is 4.44. The maximum atomic E-state index is 13.9. The Labute approximate surface area is 185 Å². The van der Waals surface area contributed by atoms with Crippen LogP contribution in [-0.4, -0.2) is 68.4 Å². The molecule has 0 aromatic carbocycles. The van der Waals surface area contributed by atoms with E-state index in [1.165, 1.54) is 28.1 Å². The van der Waals surface area contributed by atoms with E-state index in [2.05, 4.69) is 0 Å². The van der Waals surface area contributed by atoms with Crippen LogP contribution in [0.5, 0.6) is 0 Å². The van der Waals surface area contributed by atoms with Crippen LogP contribution in [0.2, 0.25) is 0 Å². The number of carbonyl (C=O) groups excluding carboxylic acids is 3. The van der Waals surface area contributed by atoms with Crippen molar-refractivity contribution >= 4 is 64.1 Å². The number of carbonyl (C=O) groups is 3. The first-order chi connectivity index (χ1) is 13.3. The van der Waals surface area contributed by atoms with E-state index in [0.717, 1.165) is 0 Å². The maximum absolute atomic E-state index is 13.9. The fourth-order valence-corrected chi connectivity index (χ4v) is 12.2. The molecule has 7 nitrogen and oxygen atoms in total. The first kappa shape index (κ1) is 19.4. The largest absolute Gasteiger partial charge is 0.450 e. The lowest BCUT2D eigenvalue weighted by molar-refractivity contribution is -0.228. The zero-order chi connectivity index (χ0) is 21.4. The molecule has 7 rings (SSSR count). The van der Waals surface area contributed by atoms with Gasteiger partial charge in [-0.3, -0.25) is 14.4 Å². The van der Waals surface area contributed by atoms with Gasteiger partial charge < -0.3 is 18.9 Å². The molecule has 10 atom stereocenters. The van der Waals surface area contributed by atoms with Crippen molar-refractivity contribution in [3.05, 3.63) is 0 Å². The first-order valence-electron chi connectivity index (χ1n) is 9.14. The van der Waals surface area contributed by atoms with Crippen molar-refractivity contribution in [1.29, 1.82) is 0 Å². The summed E-state index contributed by atoms with van der Waals surface area (Å²) in [4.78, 5) is 31.9. The number of alkyl halides is 4. The molecule has 0 N–H and O–H groups in total. The average Bonchev–Trinajstić information content (AvgIpc) is 3.10. The normalized spacial score (nSPS) is 62.8. The average molecular weight is 486 g/mol. The molecule has 0 saturated heterocycles. The lowest BCUT2D eigenvalue weighted by atomic mass is 9.57. The summed E-state index contributed by atoms with van der Waals surface area (Å²) >= 11 is 28.9. The summed E-state index contributed by atoms with van der Waals surface area (Å²) in [6.07, 6.45) is 0. The van der Waals surface area contributed by atoms with E-state index >= 15 is 0 Å². The molecule has 4 bridgehead atoms. The summed E-state index contributed by atoms with van der Waals surface area (Å²) in [5, 5.41) is 0. The third-order valence-electron chi connectivity index (χ3n) is 8.69. The standard InChI is InChI=1S/C18H16Cl4O7/c1-5(23)28-12-7-8-13(11(12)25,29-6(2)24)10-9(12)16(21)14(7,19)15(8,20)17(10,22)18(16,26-3)27-4/h7-10H,1-4H3. The topological polar surface area (TPSA) is 88.1 Å². The zero-order valence-electron chi connectivity index (χ0n) is 15.7. The molecule has 29 heavy (non-hydrogen) atoms. The van der Waals surface area contributed by atoms with Crippen LogP contribution in [0.1, 0.15) is 13.8 Å². The van der Waals surface area contributed by atoms with Crippen molar-refractivity contribution in [1.82, 2.24) is 0 Å². The van der Waals surface area contributed by atoms with E-state index in [4.69, 9.17) is 65.4 Å². The van der Waals surface area contributed by atoms with Crippen LogP contribution in [0.3, 0.4) is 0 Å². The van der Waals surface area contributed by atoms with Gasteiger partial charge in [0.2, 0.25) is 11.6 Å². The number of hydrogen-bond acceptors (Lipinski definition) is 7. The Balaban J connectivity index is 1.77. The Bertz CT molecular complexity index is 900. The first-order valence-corrected chi connectivity index (χ1v) is 10.6. The number of halogens is 4. The van der Waals surface area contributed by atoms with Gasteiger partial charge in [-0.15, -0.1) is 46.4 Å². The van der Waals surface area contributed by atoms with E-state index < -0.39 is 77.9 Å². The Morgan fingerprint density at radius 3 is 1.31 bits per heavy atom. The number of ketones is 1. The van der Waals surface area contributed by atoms with Gasteiger partial charge in [-0.1, -0.05) is 0 Å². The van der Waals surface area contributed by atoms with Crippen molar-refractivity contribution in [3.8, 4) is 0 Å². The van der Waals surface area contributed by atoms with Gasteiger partial charge in [0.15, 0.2) is 11.2 Å². The fraction of sp³-hybridized carbons (Fsp3) is 0.833.